The first-order valence-corrected chi connectivity index (χ1v) is 4.53. The third kappa shape index (κ3) is 3.67. The normalized spacial score (nSPS) is 14.1. The van der Waals surface area contributed by atoms with Crippen molar-refractivity contribution in [3.63, 3.8) is 0 Å². The van der Waals surface area contributed by atoms with Gasteiger partial charge in [-0.05, 0) is 20.3 Å². The van der Waals surface area contributed by atoms with Crippen molar-refractivity contribution in [1.82, 2.24) is 0 Å². The number of hydrogen-bond acceptors (Lipinski definition) is 5. The fourth-order valence-electron chi connectivity index (χ4n) is 0.986. The summed E-state index contributed by atoms with van der Waals surface area (Å²) < 4.78 is 4.62. The van der Waals surface area contributed by atoms with Gasteiger partial charge in [0.05, 0.1) is 6.61 Å². The molecule has 15 heavy (non-hydrogen) atoms. The van der Waals surface area contributed by atoms with Gasteiger partial charge in [0.15, 0.2) is 11.3 Å². The number of carbonyl (C=O) groups excluding carboxylic acids is 2. The van der Waals surface area contributed by atoms with Gasteiger partial charge in [-0.25, -0.2) is 4.79 Å². The summed E-state index contributed by atoms with van der Waals surface area (Å²) in [6, 6.07) is 0. The number of esters is 1. The number of Topliss-reactive ketones (excluding diaryl/α,β-unsaturated/α-hetero) is 1. The predicted molar refractivity (Wildman–Crippen MR) is 51.1 cm³/mol. The average molecular weight is 217 g/mol. The SMILES string of the molecule is CCOC(=O)[C@@](N)(CCC(=O)O)C(C)=O. The van der Waals surface area contributed by atoms with Crippen LogP contribution in [0.25, 0.3) is 0 Å². The maximum absolute atomic E-state index is 11.4. The van der Waals surface area contributed by atoms with Crippen LogP contribution in [0.15, 0.2) is 0 Å². The van der Waals surface area contributed by atoms with Gasteiger partial charge in [0.2, 0.25) is 0 Å². The zero-order chi connectivity index (χ0) is 12.1. The second-order valence-corrected chi connectivity index (χ2v) is 3.14. The van der Waals surface area contributed by atoms with E-state index in [0.717, 1.165) is 6.92 Å². The highest BCUT2D eigenvalue weighted by atomic mass is 16.5. The number of ether oxygens (including phenoxy) is 1. The topological polar surface area (TPSA) is 107 Å². The Hall–Kier alpha value is -1.43. The van der Waals surface area contributed by atoms with Gasteiger partial charge >= 0.3 is 11.9 Å². The molecular weight excluding hydrogens is 202 g/mol. The van der Waals surface area contributed by atoms with Gasteiger partial charge in [-0.2, -0.15) is 0 Å². The van der Waals surface area contributed by atoms with Gasteiger partial charge in [0.1, 0.15) is 0 Å². The molecule has 0 saturated carbocycles. The molecular formula is C9H15NO5. The van der Waals surface area contributed by atoms with E-state index in [1.165, 1.54) is 0 Å². The minimum Gasteiger partial charge on any atom is -0.481 e. The number of ketones is 1. The first-order valence-electron chi connectivity index (χ1n) is 4.53. The summed E-state index contributed by atoms with van der Waals surface area (Å²) in [5.41, 5.74) is 3.69. The van der Waals surface area contributed by atoms with Crippen molar-refractivity contribution in [3.8, 4) is 0 Å². The zero-order valence-electron chi connectivity index (χ0n) is 8.78. The Morgan fingerprint density at radius 2 is 1.93 bits per heavy atom. The largest absolute Gasteiger partial charge is 0.481 e. The predicted octanol–water partition coefficient (Wildman–Crippen LogP) is -0.299. The van der Waals surface area contributed by atoms with Crippen LogP contribution in [0.5, 0.6) is 0 Å². The minimum absolute atomic E-state index is 0.0954. The zero-order valence-corrected chi connectivity index (χ0v) is 8.78. The number of aliphatic carboxylic acids is 1. The molecule has 0 amide bonds. The van der Waals surface area contributed by atoms with E-state index in [1.807, 2.05) is 0 Å². The number of carboxylic acids is 1. The molecule has 0 bridgehead atoms. The second-order valence-electron chi connectivity index (χ2n) is 3.14. The molecule has 86 valence electrons. The lowest BCUT2D eigenvalue weighted by atomic mass is 9.90. The van der Waals surface area contributed by atoms with Crippen LogP contribution in [-0.4, -0.2) is 35.0 Å². The molecule has 0 saturated heterocycles. The molecule has 0 aliphatic carbocycles. The molecule has 6 heteroatoms. The molecule has 0 fully saturated rings. The molecule has 0 spiro atoms. The van der Waals surface area contributed by atoms with E-state index in [1.54, 1.807) is 6.92 Å². The van der Waals surface area contributed by atoms with E-state index in [9.17, 15) is 14.4 Å². The minimum atomic E-state index is -1.84. The Morgan fingerprint density at radius 3 is 2.27 bits per heavy atom. The standard InChI is InChI=1S/C9H15NO5/c1-3-15-8(14)9(10,6(2)11)5-4-7(12)13/h3-5,10H2,1-2H3,(H,12,13)/t9-/m1/s1. The number of carbonyl (C=O) groups is 3. The molecule has 0 aromatic heterocycles. The molecule has 6 nitrogen and oxygen atoms in total. The number of rotatable bonds is 6. The van der Waals surface area contributed by atoms with Crippen LogP contribution < -0.4 is 5.73 Å². The van der Waals surface area contributed by atoms with E-state index in [-0.39, 0.29) is 19.4 Å². The van der Waals surface area contributed by atoms with Crippen molar-refractivity contribution in [3.05, 3.63) is 0 Å². The molecule has 0 radical (unpaired) electrons. The van der Waals surface area contributed by atoms with Crippen molar-refractivity contribution < 1.29 is 24.2 Å². The van der Waals surface area contributed by atoms with Crippen LogP contribution in [0.4, 0.5) is 0 Å². The summed E-state index contributed by atoms with van der Waals surface area (Å²) in [4.78, 5) is 32.9. The quantitative estimate of drug-likeness (QED) is 0.467. The van der Waals surface area contributed by atoms with Gasteiger partial charge in [0, 0.05) is 6.42 Å². The highest BCUT2D eigenvalue weighted by Crippen LogP contribution is 2.13. The fourth-order valence-corrected chi connectivity index (χ4v) is 0.986. The lowest BCUT2D eigenvalue weighted by molar-refractivity contribution is -0.153. The van der Waals surface area contributed by atoms with Crippen molar-refractivity contribution in [2.24, 2.45) is 5.73 Å². The van der Waals surface area contributed by atoms with Crippen LogP contribution in [-0.2, 0) is 19.1 Å². The Morgan fingerprint density at radius 1 is 1.40 bits per heavy atom. The Kier molecular flexibility index (Phi) is 4.93. The van der Waals surface area contributed by atoms with Crippen molar-refractivity contribution in [1.29, 1.82) is 0 Å². The molecule has 0 aromatic carbocycles. The van der Waals surface area contributed by atoms with Gasteiger partial charge in [-0.1, -0.05) is 0 Å². The highest BCUT2D eigenvalue weighted by molar-refractivity contribution is 6.07. The van der Waals surface area contributed by atoms with Gasteiger partial charge < -0.3 is 15.6 Å². The van der Waals surface area contributed by atoms with E-state index in [4.69, 9.17) is 10.8 Å². The summed E-state index contributed by atoms with van der Waals surface area (Å²) in [5.74, 6) is -2.59. The maximum Gasteiger partial charge on any atom is 0.333 e. The average Bonchev–Trinajstić information content (AvgIpc) is 2.14. The van der Waals surface area contributed by atoms with E-state index in [2.05, 4.69) is 4.74 Å². The van der Waals surface area contributed by atoms with Crippen molar-refractivity contribution in [2.75, 3.05) is 6.61 Å². The fraction of sp³-hybridized carbons (Fsp3) is 0.667. The third-order valence-electron chi connectivity index (χ3n) is 2.00. The molecule has 1 atom stereocenters. The number of nitrogens with two attached hydrogens (primary N) is 1. The Balaban J connectivity index is 4.66. The second kappa shape index (κ2) is 5.45. The molecule has 0 unspecified atom stereocenters. The molecule has 0 aromatic rings. The smallest absolute Gasteiger partial charge is 0.333 e. The van der Waals surface area contributed by atoms with Crippen molar-refractivity contribution >= 4 is 17.7 Å². The van der Waals surface area contributed by atoms with Gasteiger partial charge in [0.25, 0.3) is 0 Å². The Bertz CT molecular complexity index is 276. The van der Waals surface area contributed by atoms with Crippen LogP contribution in [0.3, 0.4) is 0 Å². The van der Waals surface area contributed by atoms with E-state index < -0.39 is 23.3 Å². The van der Waals surface area contributed by atoms with Crippen molar-refractivity contribution in [2.45, 2.75) is 32.2 Å². The summed E-state index contributed by atoms with van der Waals surface area (Å²) in [6.45, 7) is 2.81. The lowest BCUT2D eigenvalue weighted by Gasteiger charge is -2.23. The Labute approximate surface area is 87.4 Å². The van der Waals surface area contributed by atoms with Crippen LogP contribution in [0, 0.1) is 0 Å². The molecule has 0 rings (SSSR count). The highest BCUT2D eigenvalue weighted by Gasteiger charge is 2.40. The van der Waals surface area contributed by atoms with E-state index >= 15 is 0 Å². The summed E-state index contributed by atoms with van der Waals surface area (Å²) in [7, 11) is 0. The third-order valence-corrected chi connectivity index (χ3v) is 2.00. The summed E-state index contributed by atoms with van der Waals surface area (Å²) in [6.07, 6.45) is -0.606. The van der Waals surface area contributed by atoms with E-state index in [0.29, 0.717) is 0 Å². The number of hydrogen-bond donors (Lipinski definition) is 2. The van der Waals surface area contributed by atoms with Gasteiger partial charge in [-0.15, -0.1) is 0 Å². The summed E-state index contributed by atoms with van der Waals surface area (Å²) in [5, 5.41) is 8.45. The molecule has 0 aliphatic heterocycles. The lowest BCUT2D eigenvalue weighted by Crippen LogP contribution is -2.55. The monoisotopic (exact) mass is 217 g/mol. The van der Waals surface area contributed by atoms with Crippen LogP contribution in [0.2, 0.25) is 0 Å². The first kappa shape index (κ1) is 13.6. The maximum atomic E-state index is 11.4. The molecule has 3 N–H and O–H groups in total. The summed E-state index contributed by atoms with van der Waals surface area (Å²) >= 11 is 0. The molecule has 0 heterocycles. The van der Waals surface area contributed by atoms with Crippen LogP contribution in [0.1, 0.15) is 26.7 Å². The first-order chi connectivity index (χ1) is 6.84. The molecule has 0 aliphatic rings. The van der Waals surface area contributed by atoms with Crippen LogP contribution >= 0.6 is 0 Å². The van der Waals surface area contributed by atoms with Gasteiger partial charge in [-0.3, -0.25) is 9.59 Å². The number of carboxylic acid groups (broad SMARTS) is 1.